The normalized spacial score (nSPS) is 16.6. The van der Waals surface area contributed by atoms with Gasteiger partial charge < -0.3 is 20.1 Å². The van der Waals surface area contributed by atoms with Gasteiger partial charge in [0.1, 0.15) is 0 Å². The summed E-state index contributed by atoms with van der Waals surface area (Å²) >= 11 is 0. The minimum absolute atomic E-state index is 0.0502. The summed E-state index contributed by atoms with van der Waals surface area (Å²) < 4.78 is 5.20. The fourth-order valence-corrected chi connectivity index (χ4v) is 2.72. The molecule has 7 nitrogen and oxygen atoms in total. The first-order chi connectivity index (χ1) is 10.9. The maximum atomic E-state index is 11.9. The van der Waals surface area contributed by atoms with Crippen molar-refractivity contribution < 1.29 is 24.2 Å². The topological polar surface area (TPSA) is 95.9 Å². The molecule has 0 atom stereocenters. The minimum Gasteiger partial charge on any atom is -0.481 e. The third kappa shape index (κ3) is 5.82. The van der Waals surface area contributed by atoms with E-state index in [-0.39, 0.29) is 24.8 Å². The molecule has 0 aliphatic carbocycles. The van der Waals surface area contributed by atoms with Crippen molar-refractivity contribution in [2.45, 2.75) is 46.0 Å². The summed E-state index contributed by atoms with van der Waals surface area (Å²) in [7, 11) is 0. The zero-order valence-electron chi connectivity index (χ0n) is 14.1. The fourth-order valence-electron chi connectivity index (χ4n) is 2.72. The van der Waals surface area contributed by atoms with E-state index in [1.807, 2.05) is 13.8 Å². The van der Waals surface area contributed by atoms with Crippen LogP contribution in [0.2, 0.25) is 0 Å². The molecule has 2 amide bonds. The fraction of sp³-hybridized carbons (Fsp3) is 0.812. The summed E-state index contributed by atoms with van der Waals surface area (Å²) in [5.41, 5.74) is -0.926. The molecule has 1 aliphatic rings. The number of carboxylic acids is 1. The summed E-state index contributed by atoms with van der Waals surface area (Å²) in [6.45, 7) is 6.12. The molecule has 132 valence electrons. The number of aliphatic carboxylic acids is 1. The molecule has 0 aromatic carbocycles. The number of nitrogens with one attached hydrogen (secondary N) is 1. The van der Waals surface area contributed by atoms with Gasteiger partial charge in [0.05, 0.1) is 5.41 Å². The van der Waals surface area contributed by atoms with E-state index in [1.165, 1.54) is 0 Å². The highest BCUT2D eigenvalue weighted by Gasteiger charge is 2.40. The van der Waals surface area contributed by atoms with Gasteiger partial charge in [-0.3, -0.25) is 14.4 Å². The lowest BCUT2D eigenvalue weighted by molar-refractivity contribution is -0.154. The van der Waals surface area contributed by atoms with Crippen LogP contribution in [0.25, 0.3) is 0 Å². The molecule has 0 saturated carbocycles. The monoisotopic (exact) mass is 328 g/mol. The van der Waals surface area contributed by atoms with Crippen LogP contribution in [0.15, 0.2) is 0 Å². The third-order valence-corrected chi connectivity index (χ3v) is 4.44. The number of carbonyl (C=O) groups is 3. The summed E-state index contributed by atoms with van der Waals surface area (Å²) in [6.07, 6.45) is 1.86. The van der Waals surface area contributed by atoms with Gasteiger partial charge in [-0.25, -0.2) is 0 Å². The molecule has 0 unspecified atom stereocenters. The van der Waals surface area contributed by atoms with E-state index >= 15 is 0 Å². The van der Waals surface area contributed by atoms with E-state index in [4.69, 9.17) is 4.74 Å². The lowest BCUT2D eigenvalue weighted by Crippen LogP contribution is -2.46. The van der Waals surface area contributed by atoms with Crippen molar-refractivity contribution in [3.63, 3.8) is 0 Å². The number of carboxylic acid groups (broad SMARTS) is 1. The van der Waals surface area contributed by atoms with Gasteiger partial charge in [0, 0.05) is 45.7 Å². The van der Waals surface area contributed by atoms with E-state index in [0.717, 1.165) is 0 Å². The van der Waals surface area contributed by atoms with E-state index in [0.29, 0.717) is 52.0 Å². The van der Waals surface area contributed by atoms with Crippen molar-refractivity contribution in [3.8, 4) is 0 Å². The maximum absolute atomic E-state index is 11.9. The van der Waals surface area contributed by atoms with Crippen molar-refractivity contribution >= 4 is 17.8 Å². The largest absolute Gasteiger partial charge is 0.481 e. The lowest BCUT2D eigenvalue weighted by Gasteiger charge is -2.33. The Labute approximate surface area is 137 Å². The second-order valence-electron chi connectivity index (χ2n) is 5.89. The van der Waals surface area contributed by atoms with Gasteiger partial charge in [-0.2, -0.15) is 0 Å². The average Bonchev–Trinajstić information content (AvgIpc) is 2.55. The Bertz CT molecular complexity index is 415. The third-order valence-electron chi connectivity index (χ3n) is 4.44. The molecule has 1 aliphatic heterocycles. The second kappa shape index (κ2) is 9.50. The molecule has 2 N–H and O–H groups in total. The van der Waals surface area contributed by atoms with Crippen LogP contribution in [0.1, 0.15) is 46.0 Å². The maximum Gasteiger partial charge on any atom is 0.311 e. The number of ether oxygens (including phenoxy) is 1. The molecule has 0 aromatic rings. The molecule has 0 radical (unpaired) electrons. The predicted octanol–water partition coefficient (Wildman–Crippen LogP) is 1.02. The summed E-state index contributed by atoms with van der Waals surface area (Å²) in [5.74, 6) is -1.04. The van der Waals surface area contributed by atoms with Gasteiger partial charge in [0.25, 0.3) is 0 Å². The standard InChI is InChI=1S/C16H28N2O5/c1-3-18(4-2)14(20)7-5-6-13(19)17-12-16(15(21)22)8-10-23-11-9-16/h3-12H2,1-2H3,(H,17,19)(H,21,22). The van der Waals surface area contributed by atoms with Gasteiger partial charge in [-0.15, -0.1) is 0 Å². The van der Waals surface area contributed by atoms with Crippen LogP contribution in [0, 0.1) is 5.41 Å². The lowest BCUT2D eigenvalue weighted by atomic mass is 9.80. The highest BCUT2D eigenvalue weighted by molar-refractivity contribution is 5.80. The molecule has 1 rings (SSSR count). The molecular formula is C16H28N2O5. The van der Waals surface area contributed by atoms with Crippen molar-refractivity contribution in [1.82, 2.24) is 10.2 Å². The van der Waals surface area contributed by atoms with Crippen LogP contribution in [0.5, 0.6) is 0 Å². The number of carbonyl (C=O) groups excluding carboxylic acids is 2. The van der Waals surface area contributed by atoms with E-state index in [1.54, 1.807) is 4.90 Å². The molecule has 0 aromatic heterocycles. The van der Waals surface area contributed by atoms with E-state index < -0.39 is 11.4 Å². The Kier molecular flexibility index (Phi) is 8.02. The second-order valence-corrected chi connectivity index (χ2v) is 5.89. The number of hydrogen-bond acceptors (Lipinski definition) is 4. The Balaban J connectivity index is 2.33. The summed E-state index contributed by atoms with van der Waals surface area (Å²) in [5, 5.41) is 12.1. The Morgan fingerprint density at radius 1 is 1.13 bits per heavy atom. The molecule has 7 heteroatoms. The van der Waals surface area contributed by atoms with E-state index in [2.05, 4.69) is 5.32 Å². The van der Waals surface area contributed by atoms with Crippen molar-refractivity contribution in [3.05, 3.63) is 0 Å². The Morgan fingerprint density at radius 2 is 1.74 bits per heavy atom. The molecule has 1 heterocycles. The first-order valence-electron chi connectivity index (χ1n) is 8.30. The van der Waals surface area contributed by atoms with Gasteiger partial charge >= 0.3 is 5.97 Å². The van der Waals surface area contributed by atoms with Crippen LogP contribution < -0.4 is 5.32 Å². The molecule has 23 heavy (non-hydrogen) atoms. The van der Waals surface area contributed by atoms with Gasteiger partial charge in [0.15, 0.2) is 0 Å². The van der Waals surface area contributed by atoms with Crippen LogP contribution in [0.4, 0.5) is 0 Å². The number of amides is 2. The number of hydrogen-bond donors (Lipinski definition) is 2. The Hall–Kier alpha value is -1.63. The highest BCUT2D eigenvalue weighted by atomic mass is 16.5. The van der Waals surface area contributed by atoms with Crippen LogP contribution in [-0.2, 0) is 19.1 Å². The number of rotatable bonds is 9. The average molecular weight is 328 g/mol. The van der Waals surface area contributed by atoms with Gasteiger partial charge in [-0.05, 0) is 33.1 Å². The smallest absolute Gasteiger partial charge is 0.311 e. The zero-order chi connectivity index (χ0) is 17.3. The first-order valence-corrected chi connectivity index (χ1v) is 8.30. The van der Waals surface area contributed by atoms with Crippen LogP contribution in [0.3, 0.4) is 0 Å². The summed E-state index contributed by atoms with van der Waals surface area (Å²) in [6, 6.07) is 0. The van der Waals surface area contributed by atoms with Crippen molar-refractivity contribution in [2.24, 2.45) is 5.41 Å². The number of nitrogens with zero attached hydrogens (tertiary/aromatic N) is 1. The predicted molar refractivity (Wildman–Crippen MR) is 84.9 cm³/mol. The van der Waals surface area contributed by atoms with E-state index in [9.17, 15) is 19.5 Å². The van der Waals surface area contributed by atoms with Crippen molar-refractivity contribution in [2.75, 3.05) is 32.8 Å². The Morgan fingerprint density at radius 3 is 2.26 bits per heavy atom. The van der Waals surface area contributed by atoms with Crippen LogP contribution in [-0.4, -0.2) is 60.6 Å². The molecule has 0 spiro atoms. The molecule has 1 saturated heterocycles. The molecule has 0 bridgehead atoms. The van der Waals surface area contributed by atoms with Crippen LogP contribution >= 0.6 is 0 Å². The molecular weight excluding hydrogens is 300 g/mol. The van der Waals surface area contributed by atoms with Gasteiger partial charge in [0.2, 0.25) is 11.8 Å². The summed E-state index contributed by atoms with van der Waals surface area (Å²) in [4.78, 5) is 36.9. The highest BCUT2D eigenvalue weighted by Crippen LogP contribution is 2.30. The SMILES string of the molecule is CCN(CC)C(=O)CCCC(=O)NCC1(C(=O)O)CCOCC1. The molecule has 1 fully saturated rings. The van der Waals surface area contributed by atoms with Gasteiger partial charge in [-0.1, -0.05) is 0 Å². The zero-order valence-corrected chi connectivity index (χ0v) is 14.1. The van der Waals surface area contributed by atoms with Crippen molar-refractivity contribution in [1.29, 1.82) is 0 Å². The minimum atomic E-state index is -0.926. The quantitative estimate of drug-likeness (QED) is 0.659. The first kappa shape index (κ1) is 19.4.